The highest BCUT2D eigenvalue weighted by Crippen LogP contribution is 2.35. The van der Waals surface area contributed by atoms with E-state index in [4.69, 9.17) is 22.0 Å². The summed E-state index contributed by atoms with van der Waals surface area (Å²) in [6.45, 7) is 13.8. The van der Waals surface area contributed by atoms with Gasteiger partial charge in [-0.3, -0.25) is 9.98 Å². The molecule has 0 aromatic heterocycles. The van der Waals surface area contributed by atoms with Gasteiger partial charge in [0.05, 0.1) is 12.3 Å². The minimum absolute atomic E-state index is 0.365. The lowest BCUT2D eigenvalue weighted by molar-refractivity contribution is 0.300. The summed E-state index contributed by atoms with van der Waals surface area (Å²) in [6.07, 6.45) is 13.0. The molecule has 0 bridgehead atoms. The van der Waals surface area contributed by atoms with Gasteiger partial charge in [0.1, 0.15) is 5.16 Å². The molecule has 2 aliphatic rings. The van der Waals surface area contributed by atoms with Crippen molar-refractivity contribution >= 4 is 29.7 Å². The number of halogens is 1. The second-order valence-electron chi connectivity index (χ2n) is 9.09. The van der Waals surface area contributed by atoms with Crippen molar-refractivity contribution < 1.29 is 0 Å². The van der Waals surface area contributed by atoms with Gasteiger partial charge in [0.15, 0.2) is 0 Å². The number of aliphatic imine (C=N–C) groups is 2. The summed E-state index contributed by atoms with van der Waals surface area (Å²) in [5.41, 5.74) is 5.39. The van der Waals surface area contributed by atoms with E-state index in [-0.39, 0.29) is 0 Å². The van der Waals surface area contributed by atoms with Gasteiger partial charge in [0, 0.05) is 17.7 Å². The van der Waals surface area contributed by atoms with Crippen LogP contribution in [0.15, 0.2) is 44.5 Å². The Labute approximate surface area is 194 Å². The Morgan fingerprint density at radius 3 is 2.65 bits per heavy atom. The van der Waals surface area contributed by atoms with Crippen LogP contribution in [0.3, 0.4) is 0 Å². The largest absolute Gasteiger partial charge is 0.303 e. The Morgan fingerprint density at radius 2 is 2.03 bits per heavy atom. The van der Waals surface area contributed by atoms with Gasteiger partial charge in [0.25, 0.3) is 0 Å². The molecule has 172 valence electrons. The molecule has 0 aromatic carbocycles. The van der Waals surface area contributed by atoms with Gasteiger partial charge in [-0.1, -0.05) is 49.1 Å². The lowest BCUT2D eigenvalue weighted by Crippen LogP contribution is -2.25. The molecule has 0 amide bonds. The minimum Gasteiger partial charge on any atom is -0.303 e. The minimum atomic E-state index is 0.365. The molecule has 2 rings (SSSR count). The van der Waals surface area contributed by atoms with Crippen molar-refractivity contribution in [2.45, 2.75) is 84.1 Å². The molecule has 1 N–H and O–H groups in total. The molecule has 0 unspecified atom stereocenters. The van der Waals surface area contributed by atoms with Gasteiger partial charge in [-0.2, -0.15) is 0 Å². The predicted octanol–water partition coefficient (Wildman–Crippen LogP) is 6.97. The average Bonchev–Trinajstić information content (AvgIpc) is 3.18. The number of hydrogen-bond donors (Lipinski definition) is 1. The predicted molar refractivity (Wildman–Crippen MR) is 137 cm³/mol. The maximum Gasteiger partial charge on any atom is 0.130 e. The highest BCUT2D eigenvalue weighted by molar-refractivity contribution is 6.31. The molecular weight excluding hydrogens is 404 g/mol. The van der Waals surface area contributed by atoms with Crippen LogP contribution in [0.25, 0.3) is 0 Å². The van der Waals surface area contributed by atoms with Crippen molar-refractivity contribution in [1.29, 1.82) is 5.41 Å². The van der Waals surface area contributed by atoms with Crippen molar-refractivity contribution in [3.8, 4) is 0 Å². The van der Waals surface area contributed by atoms with Gasteiger partial charge in [0.2, 0.25) is 0 Å². The summed E-state index contributed by atoms with van der Waals surface area (Å²) in [6, 6.07) is 0.601. The van der Waals surface area contributed by atoms with E-state index in [0.717, 1.165) is 44.2 Å². The van der Waals surface area contributed by atoms with E-state index in [1.165, 1.54) is 48.9 Å². The van der Waals surface area contributed by atoms with Gasteiger partial charge >= 0.3 is 0 Å². The normalized spacial score (nSPS) is 24.3. The molecule has 4 nitrogen and oxygen atoms in total. The lowest BCUT2D eigenvalue weighted by Gasteiger charge is -2.28. The summed E-state index contributed by atoms with van der Waals surface area (Å²) in [7, 11) is 2.20. The summed E-state index contributed by atoms with van der Waals surface area (Å²) >= 11 is 6.15. The number of nitrogens with zero attached hydrogens (tertiary/aromatic N) is 3. The van der Waals surface area contributed by atoms with E-state index in [2.05, 4.69) is 44.1 Å². The molecule has 2 atom stereocenters. The summed E-state index contributed by atoms with van der Waals surface area (Å²) < 4.78 is 0. The third-order valence-corrected chi connectivity index (χ3v) is 7.11. The van der Waals surface area contributed by atoms with E-state index in [1.807, 2.05) is 6.08 Å². The third kappa shape index (κ3) is 7.84. The van der Waals surface area contributed by atoms with Crippen molar-refractivity contribution in [3.05, 3.63) is 34.5 Å². The van der Waals surface area contributed by atoms with Gasteiger partial charge in [-0.15, -0.1) is 0 Å². The van der Waals surface area contributed by atoms with Gasteiger partial charge < -0.3 is 10.3 Å². The first-order chi connectivity index (χ1) is 14.9. The first-order valence-corrected chi connectivity index (χ1v) is 12.3. The number of likely N-dealkylation sites (tertiary alicyclic amines) is 1. The molecular formula is C26H41ClN4. The van der Waals surface area contributed by atoms with E-state index >= 15 is 0 Å². The number of nitrogens with one attached hydrogen (secondary N) is 1. The molecule has 1 saturated heterocycles. The van der Waals surface area contributed by atoms with Crippen LogP contribution in [0, 0.1) is 11.3 Å². The zero-order chi connectivity index (χ0) is 22.8. The van der Waals surface area contributed by atoms with Crippen molar-refractivity contribution in [2.75, 3.05) is 20.1 Å². The van der Waals surface area contributed by atoms with Crippen LogP contribution in [-0.2, 0) is 0 Å². The van der Waals surface area contributed by atoms with Crippen molar-refractivity contribution in [1.82, 2.24) is 4.90 Å². The topological polar surface area (TPSA) is 51.8 Å². The molecule has 1 aliphatic heterocycles. The van der Waals surface area contributed by atoms with Gasteiger partial charge in [-0.05, 0) is 90.2 Å². The van der Waals surface area contributed by atoms with Crippen molar-refractivity contribution in [2.24, 2.45) is 15.9 Å². The van der Waals surface area contributed by atoms with Crippen molar-refractivity contribution in [3.63, 3.8) is 0 Å². The maximum absolute atomic E-state index is 8.82. The quantitative estimate of drug-likeness (QED) is 0.209. The van der Waals surface area contributed by atoms with Crippen LogP contribution in [0.1, 0.15) is 78.1 Å². The Hall–Kier alpha value is -1.52. The molecule has 1 saturated carbocycles. The first-order valence-electron chi connectivity index (χ1n) is 11.9. The standard InChI is InChI=1S/C26H41ClN4/c1-6-10-24(20(3)23-13-8-7-11-19(23)2)25(28)18-30-21(17-26(27)29-4)14-15-22-12-9-16-31(22)5/h17,22-23,28H,2,4,6-16,18H2,1,3,5H3/b24-20+,26-17-,28-25?,30-21?/t22-,23-/m0/s1. The Balaban J connectivity index is 2.16. The first kappa shape index (κ1) is 25.7. The van der Waals surface area contributed by atoms with Crippen LogP contribution in [0.2, 0.25) is 0 Å². The number of allylic oxidation sites excluding steroid dienone is 3. The average molecular weight is 445 g/mol. The van der Waals surface area contributed by atoms with E-state index < -0.39 is 0 Å². The van der Waals surface area contributed by atoms with Gasteiger partial charge in [-0.25, -0.2) is 0 Å². The Kier molecular flexibility index (Phi) is 10.9. The second-order valence-corrected chi connectivity index (χ2v) is 9.48. The van der Waals surface area contributed by atoms with Crippen LogP contribution in [0.4, 0.5) is 0 Å². The summed E-state index contributed by atoms with van der Waals surface area (Å²) in [5, 5.41) is 9.19. The van der Waals surface area contributed by atoms with Crippen LogP contribution in [0.5, 0.6) is 0 Å². The van der Waals surface area contributed by atoms with Crippen LogP contribution in [-0.4, -0.2) is 49.2 Å². The smallest absolute Gasteiger partial charge is 0.130 e. The molecule has 0 spiro atoms. The SMILES string of the molecule is C=N/C(Cl)=C\C(CC[C@@H]1CCCN1C)=NCC(=N)/C(CCC)=C(\C)[C@H]1CCCCC1=C. The lowest BCUT2D eigenvalue weighted by atomic mass is 9.78. The molecule has 31 heavy (non-hydrogen) atoms. The highest BCUT2D eigenvalue weighted by Gasteiger charge is 2.23. The molecule has 0 radical (unpaired) electrons. The third-order valence-electron chi connectivity index (χ3n) is 6.88. The Bertz CT molecular complexity index is 747. The van der Waals surface area contributed by atoms with E-state index in [1.54, 1.807) is 0 Å². The zero-order valence-corrected chi connectivity index (χ0v) is 20.6. The molecule has 0 aromatic rings. The monoisotopic (exact) mass is 444 g/mol. The fourth-order valence-corrected chi connectivity index (χ4v) is 5.09. The van der Waals surface area contributed by atoms with E-state index in [0.29, 0.717) is 29.4 Å². The molecule has 1 aliphatic carbocycles. The fourth-order valence-electron chi connectivity index (χ4n) is 4.96. The number of rotatable bonds is 11. The van der Waals surface area contributed by atoms with E-state index in [9.17, 15) is 0 Å². The fraction of sp³-hybridized carbons (Fsp3) is 0.654. The maximum atomic E-state index is 8.82. The number of hydrogen-bond acceptors (Lipinski definition) is 4. The second kappa shape index (κ2) is 13.1. The van der Waals surface area contributed by atoms with Crippen LogP contribution < -0.4 is 0 Å². The Morgan fingerprint density at radius 1 is 1.26 bits per heavy atom. The molecule has 2 fully saturated rings. The summed E-state index contributed by atoms with van der Waals surface area (Å²) in [5.74, 6) is 0.427. The molecule has 5 heteroatoms. The highest BCUT2D eigenvalue weighted by atomic mass is 35.5. The zero-order valence-electron chi connectivity index (χ0n) is 19.9. The summed E-state index contributed by atoms with van der Waals surface area (Å²) in [4.78, 5) is 11.1. The molecule has 1 heterocycles. The van der Waals surface area contributed by atoms with Crippen LogP contribution >= 0.6 is 11.6 Å².